The van der Waals surface area contributed by atoms with Crippen molar-refractivity contribution < 1.29 is 0 Å². The van der Waals surface area contributed by atoms with Crippen molar-refractivity contribution in [1.29, 1.82) is 0 Å². The van der Waals surface area contributed by atoms with Crippen LogP contribution in [0.15, 0.2) is 0 Å². The van der Waals surface area contributed by atoms with Crippen LogP contribution < -0.4 is 5.32 Å². The highest BCUT2D eigenvalue weighted by molar-refractivity contribution is 5.13. The molecule has 1 heterocycles. The molecule has 0 aromatic rings. The SMILES string of the molecule is CC(C)CC1CN(CC2C(C)(C)C2(C)C)C(C(C)C)CN1. The van der Waals surface area contributed by atoms with Crippen molar-refractivity contribution in [2.75, 3.05) is 19.6 Å². The minimum Gasteiger partial charge on any atom is -0.311 e. The fourth-order valence-corrected chi connectivity index (χ4v) is 4.52. The average Bonchev–Trinajstić information content (AvgIpc) is 2.71. The van der Waals surface area contributed by atoms with Gasteiger partial charge in [0.05, 0.1) is 0 Å². The topological polar surface area (TPSA) is 15.3 Å². The molecule has 2 atom stereocenters. The lowest BCUT2D eigenvalue weighted by atomic mass is 9.94. The lowest BCUT2D eigenvalue weighted by Gasteiger charge is -2.43. The molecule has 124 valence electrons. The molecular formula is C19H38N2. The zero-order valence-corrected chi connectivity index (χ0v) is 15.7. The van der Waals surface area contributed by atoms with E-state index in [0.29, 0.717) is 22.9 Å². The molecule has 1 aliphatic carbocycles. The maximum atomic E-state index is 3.81. The minimum atomic E-state index is 0.507. The molecule has 21 heavy (non-hydrogen) atoms. The van der Waals surface area contributed by atoms with Gasteiger partial charge >= 0.3 is 0 Å². The van der Waals surface area contributed by atoms with Crippen LogP contribution in [-0.2, 0) is 0 Å². The second kappa shape index (κ2) is 5.85. The summed E-state index contributed by atoms with van der Waals surface area (Å²) in [5.41, 5.74) is 1.01. The number of rotatable bonds is 5. The molecule has 1 saturated carbocycles. The number of nitrogens with zero attached hydrogens (tertiary/aromatic N) is 1. The summed E-state index contributed by atoms with van der Waals surface area (Å²) in [6.07, 6.45) is 1.30. The van der Waals surface area contributed by atoms with E-state index in [2.05, 4.69) is 65.6 Å². The zero-order valence-electron chi connectivity index (χ0n) is 15.7. The summed E-state index contributed by atoms with van der Waals surface area (Å²) in [7, 11) is 0. The van der Waals surface area contributed by atoms with Crippen LogP contribution in [0.1, 0.15) is 61.8 Å². The molecule has 0 spiro atoms. The summed E-state index contributed by atoms with van der Waals surface area (Å²) in [4.78, 5) is 2.81. The molecule has 2 unspecified atom stereocenters. The molecule has 0 bridgehead atoms. The maximum Gasteiger partial charge on any atom is 0.0244 e. The monoisotopic (exact) mass is 294 g/mol. The highest BCUT2D eigenvalue weighted by Crippen LogP contribution is 2.68. The predicted molar refractivity (Wildman–Crippen MR) is 92.5 cm³/mol. The fraction of sp³-hybridized carbons (Fsp3) is 1.00. The molecule has 1 aliphatic heterocycles. The summed E-state index contributed by atoms with van der Waals surface area (Å²) in [6, 6.07) is 1.39. The summed E-state index contributed by atoms with van der Waals surface area (Å²) in [5.74, 6) is 2.38. The molecule has 2 nitrogen and oxygen atoms in total. The van der Waals surface area contributed by atoms with E-state index in [0.717, 1.165) is 17.8 Å². The van der Waals surface area contributed by atoms with E-state index in [1.807, 2.05) is 0 Å². The molecule has 1 N–H and O–H groups in total. The molecule has 1 saturated heterocycles. The first kappa shape index (κ1) is 17.3. The van der Waals surface area contributed by atoms with Crippen molar-refractivity contribution in [2.24, 2.45) is 28.6 Å². The van der Waals surface area contributed by atoms with Crippen molar-refractivity contribution in [2.45, 2.75) is 73.9 Å². The van der Waals surface area contributed by atoms with Crippen molar-refractivity contribution >= 4 is 0 Å². The highest BCUT2D eigenvalue weighted by atomic mass is 15.2. The molecule has 0 amide bonds. The number of nitrogens with one attached hydrogen (secondary N) is 1. The average molecular weight is 295 g/mol. The van der Waals surface area contributed by atoms with Gasteiger partial charge in [0.15, 0.2) is 0 Å². The number of piperazine rings is 1. The lowest BCUT2D eigenvalue weighted by molar-refractivity contribution is 0.0820. The smallest absolute Gasteiger partial charge is 0.0244 e. The molecule has 0 radical (unpaired) electrons. The standard InChI is InChI=1S/C19H38N2/c1-13(2)9-15-11-21(16(10-20-15)14(3)4)12-17-18(5,6)19(17,7)8/h13-17,20H,9-12H2,1-8H3. The third-order valence-electron chi connectivity index (χ3n) is 6.80. The maximum absolute atomic E-state index is 3.81. The van der Waals surface area contributed by atoms with Crippen LogP contribution in [0, 0.1) is 28.6 Å². The van der Waals surface area contributed by atoms with E-state index in [1.54, 1.807) is 0 Å². The van der Waals surface area contributed by atoms with Crippen molar-refractivity contribution in [3.8, 4) is 0 Å². The quantitative estimate of drug-likeness (QED) is 0.824. The summed E-state index contributed by atoms with van der Waals surface area (Å²) in [5, 5.41) is 3.81. The molecule has 2 fully saturated rings. The molecule has 2 rings (SSSR count). The van der Waals surface area contributed by atoms with Crippen LogP contribution in [-0.4, -0.2) is 36.6 Å². The summed E-state index contributed by atoms with van der Waals surface area (Å²) >= 11 is 0. The van der Waals surface area contributed by atoms with Crippen LogP contribution in [0.2, 0.25) is 0 Å². The van der Waals surface area contributed by atoms with Gasteiger partial charge in [-0.15, -0.1) is 0 Å². The van der Waals surface area contributed by atoms with Crippen molar-refractivity contribution in [3.63, 3.8) is 0 Å². The second-order valence-corrected chi connectivity index (χ2v) is 9.50. The Morgan fingerprint density at radius 1 is 1.05 bits per heavy atom. The van der Waals surface area contributed by atoms with E-state index in [9.17, 15) is 0 Å². The summed E-state index contributed by atoms with van der Waals surface area (Å²) in [6.45, 7) is 23.0. The van der Waals surface area contributed by atoms with Crippen LogP contribution in [0.3, 0.4) is 0 Å². The van der Waals surface area contributed by atoms with Gasteiger partial charge in [0, 0.05) is 31.7 Å². The Hall–Kier alpha value is -0.0800. The normalized spacial score (nSPS) is 32.9. The van der Waals surface area contributed by atoms with Gasteiger partial charge in [0.25, 0.3) is 0 Å². The van der Waals surface area contributed by atoms with Crippen LogP contribution in [0.25, 0.3) is 0 Å². The third-order valence-corrected chi connectivity index (χ3v) is 6.80. The third kappa shape index (κ3) is 3.32. The second-order valence-electron chi connectivity index (χ2n) is 9.50. The van der Waals surface area contributed by atoms with Crippen LogP contribution >= 0.6 is 0 Å². The van der Waals surface area contributed by atoms with E-state index >= 15 is 0 Å². The Morgan fingerprint density at radius 2 is 1.62 bits per heavy atom. The number of hydrogen-bond donors (Lipinski definition) is 1. The summed E-state index contributed by atoms with van der Waals surface area (Å²) < 4.78 is 0. The Morgan fingerprint density at radius 3 is 2.05 bits per heavy atom. The van der Waals surface area contributed by atoms with Crippen molar-refractivity contribution in [3.05, 3.63) is 0 Å². The minimum absolute atomic E-state index is 0.507. The Balaban J connectivity index is 2.02. The molecule has 2 heteroatoms. The lowest BCUT2D eigenvalue weighted by Crippen LogP contribution is -2.59. The van der Waals surface area contributed by atoms with Gasteiger partial charge in [-0.2, -0.15) is 0 Å². The molecular weight excluding hydrogens is 256 g/mol. The Labute approximate surface area is 133 Å². The molecule has 0 aromatic carbocycles. The molecule has 0 aromatic heterocycles. The van der Waals surface area contributed by atoms with Gasteiger partial charge in [0.1, 0.15) is 0 Å². The highest BCUT2D eigenvalue weighted by Gasteiger charge is 2.64. The number of hydrogen-bond acceptors (Lipinski definition) is 2. The fourth-order valence-electron chi connectivity index (χ4n) is 4.52. The van der Waals surface area contributed by atoms with Crippen molar-refractivity contribution in [1.82, 2.24) is 10.2 Å². The predicted octanol–water partition coefficient (Wildman–Crippen LogP) is 4.01. The Bertz CT molecular complexity index is 343. The Kier molecular flexibility index (Phi) is 4.81. The zero-order chi connectivity index (χ0) is 16.0. The van der Waals surface area contributed by atoms with Gasteiger partial charge in [-0.25, -0.2) is 0 Å². The van der Waals surface area contributed by atoms with Gasteiger partial charge in [-0.1, -0.05) is 55.4 Å². The first-order valence-electron chi connectivity index (χ1n) is 9.04. The van der Waals surface area contributed by atoms with Crippen LogP contribution in [0.5, 0.6) is 0 Å². The van der Waals surface area contributed by atoms with Gasteiger partial charge < -0.3 is 5.32 Å². The molecule has 2 aliphatic rings. The first-order chi connectivity index (χ1) is 9.57. The largest absolute Gasteiger partial charge is 0.311 e. The van der Waals surface area contributed by atoms with E-state index in [4.69, 9.17) is 0 Å². The first-order valence-corrected chi connectivity index (χ1v) is 9.04. The van der Waals surface area contributed by atoms with Gasteiger partial charge in [-0.3, -0.25) is 4.90 Å². The van der Waals surface area contributed by atoms with E-state index < -0.39 is 0 Å². The van der Waals surface area contributed by atoms with E-state index in [-0.39, 0.29) is 0 Å². The van der Waals surface area contributed by atoms with Gasteiger partial charge in [-0.05, 0) is 35.0 Å². The van der Waals surface area contributed by atoms with Gasteiger partial charge in [0.2, 0.25) is 0 Å². The van der Waals surface area contributed by atoms with E-state index in [1.165, 1.54) is 26.1 Å². The van der Waals surface area contributed by atoms with Crippen LogP contribution in [0.4, 0.5) is 0 Å².